The van der Waals surface area contributed by atoms with Crippen molar-refractivity contribution in [2.24, 2.45) is 0 Å². The van der Waals surface area contributed by atoms with Gasteiger partial charge in [-0.1, -0.05) is 0 Å². The summed E-state index contributed by atoms with van der Waals surface area (Å²) in [7, 11) is -13.2. The summed E-state index contributed by atoms with van der Waals surface area (Å²) in [5.41, 5.74) is 1.10. The van der Waals surface area contributed by atoms with Crippen LogP contribution in [0.4, 0.5) is 0 Å². The first kappa shape index (κ1) is 26.9. The third-order valence-electron chi connectivity index (χ3n) is 4.08. The average molecular weight is 723 g/mol. The van der Waals surface area contributed by atoms with Crippen molar-refractivity contribution < 1.29 is 32.0 Å². The summed E-state index contributed by atoms with van der Waals surface area (Å²) >= 11 is -5.10. The Kier molecular flexibility index (Phi) is 9.33. The quantitative estimate of drug-likeness (QED) is 0.259. The summed E-state index contributed by atoms with van der Waals surface area (Å²) in [6, 6.07) is 24.0. The summed E-state index contributed by atoms with van der Waals surface area (Å²) in [5.74, 6) is -1.82. The molecular formula is C21H21BiO9S3. The van der Waals surface area contributed by atoms with Crippen LogP contribution in [-0.4, -0.2) is 48.3 Å². The van der Waals surface area contributed by atoms with E-state index in [0.717, 1.165) is 0 Å². The third-order valence-corrected chi connectivity index (χ3v) is 19.4. The Bertz CT molecular complexity index is 1200. The van der Waals surface area contributed by atoms with Gasteiger partial charge in [0.05, 0.1) is 0 Å². The standard InChI is InChI=1S/3C7H8O3S.Bi/c3*8-11(9,10)6-7-4-2-1-3-5-7;/h3*1-5H,6H2,(H,8,9,10);/q;;;+3/p-3. The first-order chi connectivity index (χ1) is 16.0. The zero-order valence-electron chi connectivity index (χ0n) is 17.6. The van der Waals surface area contributed by atoms with Gasteiger partial charge in [0.15, 0.2) is 0 Å². The van der Waals surface area contributed by atoms with E-state index in [1.165, 1.54) is 36.4 Å². The van der Waals surface area contributed by atoms with Crippen molar-refractivity contribution in [3.05, 3.63) is 108 Å². The monoisotopic (exact) mass is 722 g/mol. The second-order valence-corrected chi connectivity index (χ2v) is 18.6. The molecule has 0 N–H and O–H groups in total. The summed E-state index contributed by atoms with van der Waals surface area (Å²) < 4.78 is 90.4. The van der Waals surface area contributed by atoms with Crippen molar-refractivity contribution in [3.63, 3.8) is 0 Å². The fourth-order valence-corrected chi connectivity index (χ4v) is 16.5. The molecular weight excluding hydrogens is 701 g/mol. The summed E-state index contributed by atoms with van der Waals surface area (Å²) in [4.78, 5) is 0. The van der Waals surface area contributed by atoms with Crippen molar-refractivity contribution >= 4 is 53.4 Å². The molecule has 9 nitrogen and oxygen atoms in total. The Balaban J connectivity index is 1.81. The average Bonchev–Trinajstić information content (AvgIpc) is 2.73. The van der Waals surface area contributed by atoms with E-state index < -0.39 is 70.7 Å². The molecule has 0 aliphatic rings. The van der Waals surface area contributed by atoms with Crippen LogP contribution in [0.2, 0.25) is 0 Å². The second kappa shape index (κ2) is 11.8. The van der Waals surface area contributed by atoms with E-state index in [1.54, 1.807) is 54.6 Å². The molecule has 0 aliphatic carbocycles. The van der Waals surface area contributed by atoms with Gasteiger partial charge in [-0.15, -0.1) is 0 Å². The second-order valence-electron chi connectivity index (χ2n) is 7.01. The van der Waals surface area contributed by atoms with Gasteiger partial charge in [-0.05, 0) is 0 Å². The molecule has 3 rings (SSSR count). The van der Waals surface area contributed by atoms with Gasteiger partial charge in [-0.2, -0.15) is 0 Å². The maximum atomic E-state index is 12.6. The minimum atomic E-state index is -5.10. The number of hydrogen-bond acceptors (Lipinski definition) is 9. The summed E-state index contributed by atoms with van der Waals surface area (Å²) in [5, 5.41) is 0. The van der Waals surface area contributed by atoms with Crippen LogP contribution >= 0.6 is 0 Å². The van der Waals surface area contributed by atoms with Gasteiger partial charge < -0.3 is 0 Å². The Labute approximate surface area is 209 Å². The SMILES string of the molecule is O=S(=O)(Cc1ccccc1)[O][Bi]([O]S(=O)(=O)Cc1ccccc1)[O]S(=O)(=O)Cc1ccccc1. The molecule has 3 aromatic carbocycles. The molecule has 0 atom stereocenters. The zero-order valence-corrected chi connectivity index (χ0v) is 23.6. The van der Waals surface area contributed by atoms with Gasteiger partial charge >= 0.3 is 210 Å². The number of rotatable bonds is 12. The van der Waals surface area contributed by atoms with Gasteiger partial charge in [-0.25, -0.2) is 0 Å². The number of benzene rings is 3. The van der Waals surface area contributed by atoms with Crippen LogP contribution < -0.4 is 0 Å². The molecule has 0 spiro atoms. The predicted octanol–water partition coefficient (Wildman–Crippen LogP) is 2.61. The minimum absolute atomic E-state index is 0.366. The molecule has 0 aliphatic heterocycles. The Morgan fingerprint density at radius 1 is 0.441 bits per heavy atom. The molecule has 0 saturated carbocycles. The Morgan fingerprint density at radius 3 is 0.912 bits per heavy atom. The van der Waals surface area contributed by atoms with E-state index in [0.29, 0.717) is 16.7 Å². The van der Waals surface area contributed by atoms with Crippen LogP contribution in [0, 0.1) is 0 Å². The topological polar surface area (TPSA) is 130 Å². The molecule has 0 unspecified atom stereocenters. The van der Waals surface area contributed by atoms with Gasteiger partial charge in [0.25, 0.3) is 0 Å². The fourth-order valence-electron chi connectivity index (χ4n) is 2.73. The van der Waals surface area contributed by atoms with Crippen molar-refractivity contribution in [1.29, 1.82) is 0 Å². The third kappa shape index (κ3) is 9.49. The molecule has 0 amide bonds. The van der Waals surface area contributed by atoms with E-state index in [-0.39, 0.29) is 0 Å². The van der Waals surface area contributed by atoms with Crippen molar-refractivity contribution in [3.8, 4) is 0 Å². The molecule has 0 heterocycles. The molecule has 0 fully saturated rings. The van der Waals surface area contributed by atoms with Crippen molar-refractivity contribution in [2.45, 2.75) is 17.3 Å². The van der Waals surface area contributed by atoms with E-state index in [2.05, 4.69) is 0 Å². The van der Waals surface area contributed by atoms with Crippen molar-refractivity contribution in [2.75, 3.05) is 0 Å². The van der Waals surface area contributed by atoms with E-state index >= 15 is 0 Å². The van der Waals surface area contributed by atoms with Gasteiger partial charge in [0, 0.05) is 0 Å². The fraction of sp³-hybridized carbons (Fsp3) is 0.143. The van der Waals surface area contributed by atoms with Crippen LogP contribution in [0.3, 0.4) is 0 Å². The van der Waals surface area contributed by atoms with Crippen molar-refractivity contribution in [1.82, 2.24) is 0 Å². The molecule has 13 heteroatoms. The van der Waals surface area contributed by atoms with Crippen LogP contribution in [0.1, 0.15) is 16.7 Å². The maximum absolute atomic E-state index is 12.6. The predicted molar refractivity (Wildman–Crippen MR) is 126 cm³/mol. The summed E-state index contributed by atoms with van der Waals surface area (Å²) in [6.45, 7) is 0. The number of hydrogen-bond donors (Lipinski definition) is 0. The molecule has 3 aromatic rings. The van der Waals surface area contributed by atoms with E-state index in [1.807, 2.05) is 0 Å². The van der Waals surface area contributed by atoms with E-state index in [4.69, 9.17) is 6.78 Å². The Hall–Kier alpha value is -1.73. The first-order valence-electron chi connectivity index (χ1n) is 9.71. The van der Waals surface area contributed by atoms with Gasteiger partial charge in [0.2, 0.25) is 0 Å². The van der Waals surface area contributed by atoms with Gasteiger partial charge in [0.1, 0.15) is 0 Å². The molecule has 34 heavy (non-hydrogen) atoms. The zero-order chi connectivity index (χ0) is 24.7. The molecule has 0 radical (unpaired) electrons. The molecule has 0 aromatic heterocycles. The first-order valence-corrected chi connectivity index (χ1v) is 18.7. The normalized spacial score (nSPS) is 12.6. The molecule has 0 bridgehead atoms. The van der Waals surface area contributed by atoms with Gasteiger partial charge in [-0.3, -0.25) is 0 Å². The summed E-state index contributed by atoms with van der Waals surface area (Å²) in [6.07, 6.45) is 0. The van der Waals surface area contributed by atoms with Crippen LogP contribution in [0.15, 0.2) is 91.0 Å². The molecule has 0 saturated heterocycles. The van der Waals surface area contributed by atoms with Crippen LogP contribution in [-0.2, 0) is 54.4 Å². The molecule has 182 valence electrons. The Morgan fingerprint density at radius 2 is 0.676 bits per heavy atom. The van der Waals surface area contributed by atoms with Crippen LogP contribution in [0.25, 0.3) is 0 Å². The van der Waals surface area contributed by atoms with Crippen LogP contribution in [0.5, 0.6) is 0 Å². The van der Waals surface area contributed by atoms with E-state index in [9.17, 15) is 25.3 Å².